The van der Waals surface area contributed by atoms with Gasteiger partial charge in [0.1, 0.15) is 5.75 Å². The van der Waals surface area contributed by atoms with Gasteiger partial charge in [0.2, 0.25) is 0 Å². The second-order valence-corrected chi connectivity index (χ2v) is 6.20. The lowest BCUT2D eigenvalue weighted by atomic mass is 10.1. The third-order valence-corrected chi connectivity index (χ3v) is 3.94. The predicted octanol–water partition coefficient (Wildman–Crippen LogP) is 1.91. The summed E-state index contributed by atoms with van der Waals surface area (Å²) in [5.41, 5.74) is 5.38. The maximum Gasteiger partial charge on any atom is 0.329 e. The van der Waals surface area contributed by atoms with E-state index in [1.165, 1.54) is 6.21 Å². The van der Waals surface area contributed by atoms with Gasteiger partial charge >= 0.3 is 11.8 Å². The number of nitrogens with one attached hydrogen (secondary N) is 3. The first-order valence-electron chi connectivity index (χ1n) is 9.11. The van der Waals surface area contributed by atoms with Crippen molar-refractivity contribution in [2.24, 2.45) is 5.10 Å². The predicted molar refractivity (Wildman–Crippen MR) is 111 cm³/mol. The lowest BCUT2D eigenvalue weighted by Crippen LogP contribution is -2.37. The van der Waals surface area contributed by atoms with Crippen LogP contribution in [0.25, 0.3) is 0 Å². The van der Waals surface area contributed by atoms with Crippen molar-refractivity contribution in [2.75, 3.05) is 18.5 Å². The number of amides is 3. The molecule has 0 saturated heterocycles. The van der Waals surface area contributed by atoms with Crippen LogP contribution >= 0.6 is 0 Å². The number of anilines is 1. The summed E-state index contributed by atoms with van der Waals surface area (Å²) in [5, 5.41) is 8.98. The van der Waals surface area contributed by atoms with Crippen molar-refractivity contribution in [1.29, 1.82) is 0 Å². The molecule has 2 aromatic carbocycles. The van der Waals surface area contributed by atoms with Crippen molar-refractivity contribution >= 4 is 29.6 Å². The van der Waals surface area contributed by atoms with E-state index < -0.39 is 11.8 Å². The maximum atomic E-state index is 12.3. The largest absolute Gasteiger partial charge is 0.483 e. The van der Waals surface area contributed by atoms with Crippen LogP contribution in [0.1, 0.15) is 23.6 Å². The van der Waals surface area contributed by atoms with E-state index in [9.17, 15) is 14.4 Å². The molecule has 152 valence electrons. The molecule has 0 aliphatic carbocycles. The molecular weight excluding hydrogens is 372 g/mol. The fourth-order valence-electron chi connectivity index (χ4n) is 2.50. The normalized spacial score (nSPS) is 10.4. The van der Waals surface area contributed by atoms with Crippen molar-refractivity contribution in [3.8, 4) is 5.75 Å². The highest BCUT2D eigenvalue weighted by atomic mass is 16.5. The molecule has 0 radical (unpaired) electrons. The van der Waals surface area contributed by atoms with E-state index in [1.807, 2.05) is 32.0 Å². The highest BCUT2D eigenvalue weighted by Crippen LogP contribution is 2.20. The number of ether oxygens (including phenoxy) is 1. The minimum absolute atomic E-state index is 0.191. The summed E-state index contributed by atoms with van der Waals surface area (Å²) in [4.78, 5) is 35.2. The van der Waals surface area contributed by atoms with Gasteiger partial charge in [0.25, 0.3) is 5.91 Å². The molecular formula is C21H24N4O4. The van der Waals surface area contributed by atoms with Crippen LogP contribution in [0, 0.1) is 13.8 Å². The average molecular weight is 396 g/mol. The Bertz CT molecular complexity index is 904. The van der Waals surface area contributed by atoms with Gasteiger partial charge in [0.15, 0.2) is 6.61 Å². The van der Waals surface area contributed by atoms with Crippen molar-refractivity contribution in [3.63, 3.8) is 0 Å². The van der Waals surface area contributed by atoms with E-state index in [1.54, 1.807) is 31.2 Å². The molecule has 0 aromatic heterocycles. The first-order valence-corrected chi connectivity index (χ1v) is 9.11. The Morgan fingerprint density at radius 3 is 2.38 bits per heavy atom. The second kappa shape index (κ2) is 10.6. The molecule has 0 heterocycles. The van der Waals surface area contributed by atoms with Gasteiger partial charge in [-0.05, 0) is 44.0 Å². The summed E-state index contributed by atoms with van der Waals surface area (Å²) >= 11 is 0. The zero-order chi connectivity index (χ0) is 21.2. The van der Waals surface area contributed by atoms with Gasteiger partial charge in [-0.3, -0.25) is 14.4 Å². The maximum absolute atomic E-state index is 12.3. The summed E-state index contributed by atoms with van der Waals surface area (Å²) in [5.74, 6) is -1.51. The second-order valence-electron chi connectivity index (χ2n) is 6.20. The van der Waals surface area contributed by atoms with E-state index in [2.05, 4.69) is 21.2 Å². The Morgan fingerprint density at radius 1 is 1.00 bits per heavy atom. The molecule has 3 N–H and O–H groups in total. The lowest BCUT2D eigenvalue weighted by Gasteiger charge is -2.13. The van der Waals surface area contributed by atoms with E-state index in [4.69, 9.17) is 4.74 Å². The molecule has 0 aliphatic heterocycles. The van der Waals surface area contributed by atoms with Crippen molar-refractivity contribution in [1.82, 2.24) is 10.7 Å². The van der Waals surface area contributed by atoms with Gasteiger partial charge in [-0.25, -0.2) is 5.43 Å². The summed E-state index contributed by atoms with van der Waals surface area (Å²) in [6.45, 7) is 5.70. The lowest BCUT2D eigenvalue weighted by molar-refractivity contribution is -0.139. The van der Waals surface area contributed by atoms with Crippen LogP contribution in [-0.4, -0.2) is 37.1 Å². The Labute approximate surface area is 169 Å². The molecule has 0 spiro atoms. The molecule has 2 aromatic rings. The molecule has 0 aliphatic rings. The number of hydrogen-bond acceptors (Lipinski definition) is 5. The van der Waals surface area contributed by atoms with E-state index in [0.717, 1.165) is 16.8 Å². The van der Waals surface area contributed by atoms with Crippen LogP contribution in [0.3, 0.4) is 0 Å². The summed E-state index contributed by atoms with van der Waals surface area (Å²) < 4.78 is 5.60. The zero-order valence-electron chi connectivity index (χ0n) is 16.6. The van der Waals surface area contributed by atoms with Gasteiger partial charge in [-0.2, -0.15) is 5.10 Å². The third kappa shape index (κ3) is 6.46. The smallest absolute Gasteiger partial charge is 0.329 e. The van der Waals surface area contributed by atoms with Crippen LogP contribution in [0.2, 0.25) is 0 Å². The quantitative estimate of drug-likeness (QED) is 0.377. The van der Waals surface area contributed by atoms with Crippen LogP contribution in [0.15, 0.2) is 47.6 Å². The average Bonchev–Trinajstić information content (AvgIpc) is 2.70. The number of carbonyl (C=O) groups excluding carboxylic acids is 3. The minimum atomic E-state index is -0.866. The van der Waals surface area contributed by atoms with E-state index in [-0.39, 0.29) is 12.5 Å². The number of aryl methyl sites for hydroxylation is 2. The fraction of sp³-hybridized carbons (Fsp3) is 0.238. The van der Waals surface area contributed by atoms with Crippen LogP contribution in [0.4, 0.5) is 5.69 Å². The molecule has 2 rings (SSSR count). The van der Waals surface area contributed by atoms with Gasteiger partial charge < -0.3 is 15.4 Å². The van der Waals surface area contributed by atoms with Crippen LogP contribution in [0.5, 0.6) is 5.75 Å². The van der Waals surface area contributed by atoms with Crippen LogP contribution in [-0.2, 0) is 14.4 Å². The highest BCUT2D eigenvalue weighted by molar-refractivity contribution is 6.35. The van der Waals surface area contributed by atoms with Crippen molar-refractivity contribution in [2.45, 2.75) is 20.8 Å². The molecule has 0 unspecified atom stereocenters. The fourth-order valence-corrected chi connectivity index (χ4v) is 2.50. The highest BCUT2D eigenvalue weighted by Gasteiger charge is 2.11. The molecule has 8 nitrogen and oxygen atoms in total. The first kappa shape index (κ1) is 21.6. The van der Waals surface area contributed by atoms with Crippen LogP contribution < -0.4 is 20.8 Å². The first-order chi connectivity index (χ1) is 13.9. The van der Waals surface area contributed by atoms with Gasteiger partial charge in [-0.1, -0.05) is 30.3 Å². The van der Waals surface area contributed by atoms with Crippen molar-refractivity contribution < 1.29 is 19.1 Å². The van der Waals surface area contributed by atoms with Gasteiger partial charge in [-0.15, -0.1) is 0 Å². The topological polar surface area (TPSA) is 109 Å². The number of carbonyl (C=O) groups is 3. The Morgan fingerprint density at radius 2 is 1.69 bits per heavy atom. The number of nitrogens with zero attached hydrogens (tertiary/aromatic N) is 1. The summed E-state index contributed by atoms with van der Waals surface area (Å²) in [7, 11) is 0. The van der Waals surface area contributed by atoms with Gasteiger partial charge in [0, 0.05) is 17.8 Å². The molecule has 0 bridgehead atoms. The molecule has 0 atom stereocenters. The van der Waals surface area contributed by atoms with Gasteiger partial charge in [0.05, 0.1) is 6.21 Å². The third-order valence-electron chi connectivity index (χ3n) is 3.94. The molecule has 8 heteroatoms. The monoisotopic (exact) mass is 396 g/mol. The Balaban J connectivity index is 1.96. The summed E-state index contributed by atoms with van der Waals surface area (Å²) in [6, 6.07) is 12.7. The molecule has 29 heavy (non-hydrogen) atoms. The minimum Gasteiger partial charge on any atom is -0.483 e. The SMILES string of the molecule is CCNC(=O)C(=O)N/N=C\c1ccccc1OCC(=O)Nc1c(C)cccc1C. The number of hydrogen-bond donors (Lipinski definition) is 3. The van der Waals surface area contributed by atoms with Crippen molar-refractivity contribution in [3.05, 3.63) is 59.2 Å². The number of hydrazone groups is 1. The molecule has 0 fully saturated rings. The number of benzene rings is 2. The Kier molecular flexibility index (Phi) is 7.90. The molecule has 3 amide bonds. The van der Waals surface area contributed by atoms with E-state index >= 15 is 0 Å². The van der Waals surface area contributed by atoms with E-state index in [0.29, 0.717) is 17.9 Å². The molecule has 0 saturated carbocycles. The number of para-hydroxylation sites is 2. The summed E-state index contributed by atoms with van der Waals surface area (Å²) in [6.07, 6.45) is 1.34. The standard InChI is InChI=1S/C21H24N4O4/c1-4-22-20(27)21(28)25-23-12-16-10-5-6-11-17(16)29-13-18(26)24-19-14(2)8-7-9-15(19)3/h5-12H,4,13H2,1-3H3,(H,22,27)(H,24,26)(H,25,28)/b23-12-. The number of rotatable bonds is 7. The number of likely N-dealkylation sites (N-methyl/N-ethyl adjacent to an activating group) is 1. The zero-order valence-corrected chi connectivity index (χ0v) is 16.6. The Hall–Kier alpha value is -3.68.